The van der Waals surface area contributed by atoms with Gasteiger partial charge in [0.05, 0.1) is 5.56 Å². The molecule has 0 atom stereocenters. The molecule has 1 aromatic rings. The molecule has 0 saturated carbocycles. The van der Waals surface area contributed by atoms with Gasteiger partial charge < -0.3 is 10.8 Å². The van der Waals surface area contributed by atoms with Crippen molar-refractivity contribution in [3.8, 4) is 0 Å². The second kappa shape index (κ2) is 6.60. The van der Waals surface area contributed by atoms with E-state index in [1.807, 2.05) is 0 Å². The van der Waals surface area contributed by atoms with Crippen LogP contribution in [0.2, 0.25) is 0 Å². The van der Waals surface area contributed by atoms with Crippen molar-refractivity contribution in [1.82, 2.24) is 0 Å². The summed E-state index contributed by atoms with van der Waals surface area (Å²) in [6, 6.07) is 4.39. The third kappa shape index (κ3) is 4.01. The average Bonchev–Trinajstić information content (AvgIpc) is 2.37. The number of rotatable bonds is 5. The van der Waals surface area contributed by atoms with Crippen LogP contribution < -0.4 is 5.73 Å². The normalized spacial score (nSPS) is 12.1. The molecule has 6 heteroatoms. The molecule has 0 saturated heterocycles. The van der Waals surface area contributed by atoms with Gasteiger partial charge in [0.25, 0.3) is 6.43 Å². The Hall–Kier alpha value is -2.50. The lowest BCUT2D eigenvalue weighted by molar-refractivity contribution is 0.0698. The van der Waals surface area contributed by atoms with Crippen molar-refractivity contribution in [3.05, 3.63) is 53.8 Å². The number of hydrogen-bond acceptors (Lipinski definition) is 3. The van der Waals surface area contributed by atoms with Crippen LogP contribution in [-0.4, -0.2) is 23.2 Å². The molecular weight excluding hydrogens is 266 g/mol. The fraction of sp³-hybridized carbons (Fsp3) is 0.143. The van der Waals surface area contributed by atoms with Gasteiger partial charge >= 0.3 is 5.97 Å². The molecule has 0 heterocycles. The van der Waals surface area contributed by atoms with Gasteiger partial charge in [0.15, 0.2) is 0 Å². The Morgan fingerprint density at radius 2 is 2.15 bits per heavy atom. The third-order valence-electron chi connectivity index (χ3n) is 2.54. The number of nitrogens with two attached hydrogens (primary N) is 1. The molecule has 0 amide bonds. The summed E-state index contributed by atoms with van der Waals surface area (Å²) in [5, 5.41) is 8.85. The Bertz CT molecular complexity index is 593. The van der Waals surface area contributed by atoms with Crippen molar-refractivity contribution in [1.29, 1.82) is 0 Å². The van der Waals surface area contributed by atoms with E-state index in [0.29, 0.717) is 11.3 Å². The van der Waals surface area contributed by atoms with E-state index in [-0.39, 0.29) is 16.8 Å². The maximum Gasteiger partial charge on any atom is 0.337 e. The van der Waals surface area contributed by atoms with Crippen molar-refractivity contribution >= 4 is 17.4 Å². The number of benzene rings is 1. The molecule has 0 unspecified atom stereocenters. The molecule has 1 aromatic carbocycles. The monoisotopic (exact) mass is 280 g/mol. The van der Waals surface area contributed by atoms with Gasteiger partial charge in [-0.05, 0) is 30.7 Å². The zero-order chi connectivity index (χ0) is 15.3. The van der Waals surface area contributed by atoms with E-state index in [9.17, 15) is 13.6 Å². The van der Waals surface area contributed by atoms with Gasteiger partial charge in [-0.3, -0.25) is 4.99 Å². The van der Waals surface area contributed by atoms with Crippen LogP contribution in [-0.2, 0) is 0 Å². The number of allylic oxidation sites excluding steroid dienone is 2. The molecular formula is C14H14F2N2O2. The second-order valence-corrected chi connectivity index (χ2v) is 4.01. The number of aromatic carboxylic acids is 1. The SMILES string of the molecule is C=C(/C=C\N=C(C)c1ccc(C(=O)O)c(N)c1)C(F)F. The maximum absolute atomic E-state index is 12.2. The first-order valence-corrected chi connectivity index (χ1v) is 5.64. The van der Waals surface area contributed by atoms with Crippen LogP contribution >= 0.6 is 0 Å². The van der Waals surface area contributed by atoms with Gasteiger partial charge in [-0.15, -0.1) is 0 Å². The van der Waals surface area contributed by atoms with Crippen LogP contribution in [0.5, 0.6) is 0 Å². The van der Waals surface area contributed by atoms with E-state index >= 15 is 0 Å². The summed E-state index contributed by atoms with van der Waals surface area (Å²) in [6.45, 7) is 4.84. The first-order valence-electron chi connectivity index (χ1n) is 5.64. The van der Waals surface area contributed by atoms with Gasteiger partial charge in [-0.2, -0.15) is 0 Å². The number of halogens is 2. The Labute approximate surface area is 114 Å². The molecule has 0 aromatic heterocycles. The highest BCUT2D eigenvalue weighted by Gasteiger charge is 2.08. The summed E-state index contributed by atoms with van der Waals surface area (Å²) in [5.41, 5.74) is 6.53. The lowest BCUT2D eigenvalue weighted by Crippen LogP contribution is -2.04. The van der Waals surface area contributed by atoms with E-state index in [0.717, 1.165) is 6.08 Å². The fourth-order valence-electron chi connectivity index (χ4n) is 1.37. The highest BCUT2D eigenvalue weighted by Crippen LogP contribution is 2.15. The third-order valence-corrected chi connectivity index (χ3v) is 2.54. The van der Waals surface area contributed by atoms with Gasteiger partial charge in [0.1, 0.15) is 0 Å². The summed E-state index contributed by atoms with van der Waals surface area (Å²) < 4.78 is 24.4. The standard InChI is InChI=1S/C14H14F2N2O2/c1-8(13(15)16)5-6-18-9(2)10-3-4-11(14(19)20)12(17)7-10/h3-7,13H,1,17H2,2H3,(H,19,20)/b6-5-,18-9?. The minimum Gasteiger partial charge on any atom is -0.478 e. The Morgan fingerprint density at radius 3 is 2.65 bits per heavy atom. The smallest absolute Gasteiger partial charge is 0.337 e. The zero-order valence-corrected chi connectivity index (χ0v) is 10.8. The van der Waals surface area contributed by atoms with Gasteiger partial charge in [-0.1, -0.05) is 12.6 Å². The minimum atomic E-state index is -2.62. The molecule has 0 aliphatic carbocycles. The number of carbonyl (C=O) groups is 1. The second-order valence-electron chi connectivity index (χ2n) is 4.01. The number of nitrogen functional groups attached to an aromatic ring is 1. The maximum atomic E-state index is 12.2. The lowest BCUT2D eigenvalue weighted by atomic mass is 10.1. The molecule has 4 nitrogen and oxygen atoms in total. The number of hydrogen-bond donors (Lipinski definition) is 2. The van der Waals surface area contributed by atoms with Crippen LogP contribution in [0.25, 0.3) is 0 Å². The lowest BCUT2D eigenvalue weighted by Gasteiger charge is -2.04. The quantitative estimate of drug-likeness (QED) is 0.494. The Kier molecular flexibility index (Phi) is 5.14. The molecule has 0 radical (unpaired) electrons. The zero-order valence-electron chi connectivity index (χ0n) is 10.8. The first-order chi connectivity index (χ1) is 9.32. The predicted molar refractivity (Wildman–Crippen MR) is 74.3 cm³/mol. The van der Waals surface area contributed by atoms with E-state index in [2.05, 4.69) is 11.6 Å². The highest BCUT2D eigenvalue weighted by molar-refractivity contribution is 6.02. The van der Waals surface area contributed by atoms with Crippen molar-refractivity contribution < 1.29 is 18.7 Å². The number of aliphatic imine (C=N–C) groups is 1. The fourth-order valence-corrected chi connectivity index (χ4v) is 1.37. The number of carboxylic acid groups (broad SMARTS) is 1. The van der Waals surface area contributed by atoms with Crippen LogP contribution in [0, 0.1) is 0 Å². The average molecular weight is 280 g/mol. The summed E-state index contributed by atoms with van der Waals surface area (Å²) in [4.78, 5) is 14.8. The van der Waals surface area contributed by atoms with E-state index in [1.54, 1.807) is 13.0 Å². The molecule has 20 heavy (non-hydrogen) atoms. The molecule has 0 spiro atoms. The summed E-state index contributed by atoms with van der Waals surface area (Å²) in [5.74, 6) is -1.11. The molecule has 1 rings (SSSR count). The number of alkyl halides is 2. The molecule has 106 valence electrons. The van der Waals surface area contributed by atoms with Crippen molar-refractivity contribution in [2.24, 2.45) is 4.99 Å². The topological polar surface area (TPSA) is 75.7 Å². The summed E-state index contributed by atoms with van der Waals surface area (Å²) >= 11 is 0. The van der Waals surface area contributed by atoms with Crippen molar-refractivity contribution in [2.45, 2.75) is 13.3 Å². The predicted octanol–water partition coefficient (Wildman–Crippen LogP) is 3.11. The molecule has 0 aliphatic rings. The number of carboxylic acids is 1. The van der Waals surface area contributed by atoms with E-state index < -0.39 is 12.4 Å². The molecule has 0 aliphatic heterocycles. The molecule has 0 fully saturated rings. The van der Waals surface area contributed by atoms with Crippen LogP contribution in [0.1, 0.15) is 22.8 Å². The van der Waals surface area contributed by atoms with E-state index in [1.165, 1.54) is 18.3 Å². The molecule has 3 N–H and O–H groups in total. The Balaban J connectivity index is 2.93. The minimum absolute atomic E-state index is 0.00294. The summed E-state index contributed by atoms with van der Waals surface area (Å²) in [6.07, 6.45) is -0.291. The number of nitrogens with zero attached hydrogens (tertiary/aromatic N) is 1. The summed E-state index contributed by atoms with van der Waals surface area (Å²) in [7, 11) is 0. The van der Waals surface area contributed by atoms with E-state index in [4.69, 9.17) is 10.8 Å². The largest absolute Gasteiger partial charge is 0.478 e. The van der Waals surface area contributed by atoms with Crippen molar-refractivity contribution in [2.75, 3.05) is 5.73 Å². The van der Waals surface area contributed by atoms with Crippen molar-refractivity contribution in [3.63, 3.8) is 0 Å². The van der Waals surface area contributed by atoms with Crippen LogP contribution in [0.3, 0.4) is 0 Å². The van der Waals surface area contributed by atoms with Gasteiger partial charge in [-0.25, -0.2) is 13.6 Å². The van der Waals surface area contributed by atoms with Crippen LogP contribution in [0.15, 0.2) is 47.6 Å². The van der Waals surface area contributed by atoms with Gasteiger partial charge in [0.2, 0.25) is 0 Å². The first kappa shape index (κ1) is 15.6. The number of anilines is 1. The highest BCUT2D eigenvalue weighted by atomic mass is 19.3. The van der Waals surface area contributed by atoms with Crippen LogP contribution in [0.4, 0.5) is 14.5 Å². The Morgan fingerprint density at radius 1 is 1.50 bits per heavy atom. The van der Waals surface area contributed by atoms with Gasteiger partial charge in [0, 0.05) is 23.2 Å². The molecule has 0 bridgehead atoms.